The van der Waals surface area contributed by atoms with E-state index in [9.17, 15) is 10.1 Å². The van der Waals surface area contributed by atoms with Gasteiger partial charge in [0.15, 0.2) is 0 Å². The maximum atomic E-state index is 10.1. The molecule has 10 heavy (non-hydrogen) atoms. The summed E-state index contributed by atoms with van der Waals surface area (Å²) in [5.41, 5.74) is 0. The Hall–Kier alpha value is -0.980. The van der Waals surface area contributed by atoms with Crippen LogP contribution in [0, 0.1) is 10.1 Å². The van der Waals surface area contributed by atoms with Gasteiger partial charge in [0, 0.05) is 7.05 Å². The van der Waals surface area contributed by atoms with Crippen LogP contribution in [0.5, 0.6) is 0 Å². The van der Waals surface area contributed by atoms with Gasteiger partial charge in [-0.2, -0.15) is 0 Å². The quantitative estimate of drug-likeness (QED) is 0.495. The number of aromatic nitrogens is 3. The molecule has 0 saturated carbocycles. The molecule has 1 heterocycles. The van der Waals surface area contributed by atoms with Gasteiger partial charge in [-0.25, -0.2) is 4.68 Å². The lowest BCUT2D eigenvalue weighted by Crippen LogP contribution is -1.90. The fourth-order valence-corrected chi connectivity index (χ4v) is 0.742. The van der Waals surface area contributed by atoms with Gasteiger partial charge < -0.3 is 10.1 Å². The zero-order valence-corrected chi connectivity index (χ0v) is 6.57. The van der Waals surface area contributed by atoms with Crippen molar-refractivity contribution < 1.29 is 4.92 Å². The van der Waals surface area contributed by atoms with Crippen LogP contribution in [0.3, 0.4) is 0 Å². The Morgan fingerprint density at radius 2 is 2.40 bits per heavy atom. The van der Waals surface area contributed by atoms with Gasteiger partial charge in [0.05, 0.1) is 5.21 Å². The average Bonchev–Trinajstić information content (AvgIpc) is 2.14. The third kappa shape index (κ3) is 0.991. The van der Waals surface area contributed by atoms with Crippen LogP contribution in [-0.4, -0.2) is 19.9 Å². The number of hydrogen-bond donors (Lipinski definition) is 0. The highest BCUT2D eigenvalue weighted by Gasteiger charge is 2.18. The lowest BCUT2D eigenvalue weighted by molar-refractivity contribution is -0.390. The van der Waals surface area contributed by atoms with Crippen LogP contribution in [0.1, 0.15) is 0 Å². The van der Waals surface area contributed by atoms with E-state index in [1.807, 2.05) is 0 Å². The zero-order chi connectivity index (χ0) is 7.72. The van der Waals surface area contributed by atoms with Gasteiger partial charge in [-0.1, -0.05) is 0 Å². The first kappa shape index (κ1) is 7.13. The standard InChI is InChI=1S/C3H3BrN4O2/c1-7-2(4)3(5-6-7)8(9)10/h1H3. The number of nitro groups is 1. The summed E-state index contributed by atoms with van der Waals surface area (Å²) >= 11 is 2.95. The van der Waals surface area contributed by atoms with Crippen molar-refractivity contribution in [2.75, 3.05) is 0 Å². The maximum absolute atomic E-state index is 10.1. The molecule has 0 fully saturated rings. The summed E-state index contributed by atoms with van der Waals surface area (Å²) in [5.74, 6) is -0.262. The minimum Gasteiger partial charge on any atom is -0.358 e. The summed E-state index contributed by atoms with van der Waals surface area (Å²) in [4.78, 5) is 9.49. The third-order valence-corrected chi connectivity index (χ3v) is 1.78. The van der Waals surface area contributed by atoms with Crippen molar-refractivity contribution in [2.24, 2.45) is 7.05 Å². The monoisotopic (exact) mass is 206 g/mol. The van der Waals surface area contributed by atoms with Crippen molar-refractivity contribution in [2.45, 2.75) is 0 Å². The van der Waals surface area contributed by atoms with Crippen LogP contribution in [0.15, 0.2) is 4.60 Å². The predicted molar refractivity (Wildman–Crippen MR) is 35.4 cm³/mol. The Balaban J connectivity index is 3.17. The van der Waals surface area contributed by atoms with E-state index in [2.05, 4.69) is 26.2 Å². The first-order chi connectivity index (χ1) is 4.63. The molecule has 1 rings (SSSR count). The summed E-state index contributed by atoms with van der Waals surface area (Å²) in [5, 5.41) is 16.8. The van der Waals surface area contributed by atoms with Crippen LogP contribution < -0.4 is 0 Å². The Morgan fingerprint density at radius 3 is 2.60 bits per heavy atom. The molecular formula is C3H3BrN4O2. The second-order valence-electron chi connectivity index (χ2n) is 1.58. The van der Waals surface area contributed by atoms with Crippen molar-refractivity contribution in [1.82, 2.24) is 15.0 Å². The van der Waals surface area contributed by atoms with Crippen LogP contribution in [0.4, 0.5) is 5.82 Å². The van der Waals surface area contributed by atoms with Crippen LogP contribution >= 0.6 is 15.9 Å². The minimum atomic E-state index is -0.600. The lowest BCUT2D eigenvalue weighted by Gasteiger charge is -1.86. The predicted octanol–water partition coefficient (Wildman–Crippen LogP) is 0.486. The molecule has 1 aromatic heterocycles. The summed E-state index contributed by atoms with van der Waals surface area (Å²) in [6.45, 7) is 0. The molecule has 0 bridgehead atoms. The molecule has 0 amide bonds. The van der Waals surface area contributed by atoms with E-state index in [0.717, 1.165) is 0 Å². The van der Waals surface area contributed by atoms with E-state index in [1.165, 1.54) is 4.68 Å². The van der Waals surface area contributed by atoms with Gasteiger partial charge in [-0.3, -0.25) is 0 Å². The Labute approximate surface area is 64.1 Å². The van der Waals surface area contributed by atoms with Crippen molar-refractivity contribution in [3.8, 4) is 0 Å². The van der Waals surface area contributed by atoms with Gasteiger partial charge in [0.1, 0.15) is 5.10 Å². The average molecular weight is 207 g/mol. The fourth-order valence-electron chi connectivity index (χ4n) is 0.447. The Morgan fingerprint density at radius 1 is 1.80 bits per heavy atom. The molecule has 54 valence electrons. The molecule has 0 saturated heterocycles. The topological polar surface area (TPSA) is 73.8 Å². The molecule has 0 N–H and O–H groups in total. The molecule has 0 radical (unpaired) electrons. The lowest BCUT2D eigenvalue weighted by atomic mass is 10.8. The zero-order valence-electron chi connectivity index (χ0n) is 4.98. The highest BCUT2D eigenvalue weighted by molar-refractivity contribution is 9.10. The maximum Gasteiger partial charge on any atom is 0.425 e. The number of halogens is 1. The highest BCUT2D eigenvalue weighted by atomic mass is 79.9. The smallest absolute Gasteiger partial charge is 0.358 e. The molecule has 0 aliphatic heterocycles. The number of rotatable bonds is 1. The summed E-state index contributed by atoms with van der Waals surface area (Å²) in [7, 11) is 1.56. The second-order valence-corrected chi connectivity index (χ2v) is 2.34. The first-order valence-electron chi connectivity index (χ1n) is 2.32. The molecular weight excluding hydrogens is 204 g/mol. The van der Waals surface area contributed by atoms with E-state index in [4.69, 9.17) is 0 Å². The van der Waals surface area contributed by atoms with Gasteiger partial charge in [0.25, 0.3) is 0 Å². The number of aryl methyl sites for hydroxylation is 1. The van der Waals surface area contributed by atoms with Gasteiger partial charge in [-0.05, 0) is 20.9 Å². The van der Waals surface area contributed by atoms with Crippen LogP contribution in [0.2, 0.25) is 0 Å². The highest BCUT2D eigenvalue weighted by Crippen LogP contribution is 2.18. The SMILES string of the molecule is Cn1nnc([N+](=O)[O-])c1Br. The fraction of sp³-hybridized carbons (Fsp3) is 0.333. The van der Waals surface area contributed by atoms with Crippen molar-refractivity contribution in [3.63, 3.8) is 0 Å². The molecule has 0 spiro atoms. The van der Waals surface area contributed by atoms with Crippen molar-refractivity contribution >= 4 is 21.7 Å². The van der Waals surface area contributed by atoms with Gasteiger partial charge >= 0.3 is 5.82 Å². The van der Waals surface area contributed by atoms with Gasteiger partial charge in [-0.15, -0.1) is 0 Å². The number of nitrogens with zero attached hydrogens (tertiary/aromatic N) is 4. The summed E-state index contributed by atoms with van der Waals surface area (Å²) < 4.78 is 1.55. The van der Waals surface area contributed by atoms with Crippen LogP contribution in [0.25, 0.3) is 0 Å². The van der Waals surface area contributed by atoms with Crippen LogP contribution in [-0.2, 0) is 7.05 Å². The van der Waals surface area contributed by atoms with E-state index < -0.39 is 4.92 Å². The largest absolute Gasteiger partial charge is 0.425 e. The number of hydrogen-bond acceptors (Lipinski definition) is 4. The molecule has 1 aromatic rings. The van der Waals surface area contributed by atoms with E-state index in [-0.39, 0.29) is 10.4 Å². The molecule has 0 unspecified atom stereocenters. The van der Waals surface area contributed by atoms with E-state index in [0.29, 0.717) is 0 Å². The molecule has 0 aliphatic carbocycles. The Bertz CT molecular complexity index is 269. The molecule has 7 heteroatoms. The minimum absolute atomic E-state index is 0.262. The van der Waals surface area contributed by atoms with E-state index in [1.54, 1.807) is 7.05 Å². The van der Waals surface area contributed by atoms with Gasteiger partial charge in [0.2, 0.25) is 4.60 Å². The molecule has 6 nitrogen and oxygen atoms in total. The first-order valence-corrected chi connectivity index (χ1v) is 3.12. The van der Waals surface area contributed by atoms with E-state index >= 15 is 0 Å². The normalized spacial score (nSPS) is 9.80. The molecule has 0 atom stereocenters. The molecule has 0 aromatic carbocycles. The summed E-state index contributed by atoms with van der Waals surface area (Å²) in [6.07, 6.45) is 0. The van der Waals surface area contributed by atoms with Crippen molar-refractivity contribution in [3.05, 3.63) is 14.7 Å². The third-order valence-electron chi connectivity index (χ3n) is 0.915. The Kier molecular flexibility index (Phi) is 1.66. The second kappa shape index (κ2) is 2.33. The summed E-state index contributed by atoms with van der Waals surface area (Å²) in [6, 6.07) is 0. The molecule has 0 aliphatic rings. The van der Waals surface area contributed by atoms with Crippen molar-refractivity contribution in [1.29, 1.82) is 0 Å².